The van der Waals surface area contributed by atoms with Gasteiger partial charge in [0.05, 0.1) is 6.61 Å². The number of ether oxygens (including phenoxy) is 1. The smallest absolute Gasteiger partial charge is 0.242 e. The molecule has 18 heavy (non-hydrogen) atoms. The van der Waals surface area contributed by atoms with E-state index in [4.69, 9.17) is 10.5 Å². The molecule has 3 N–H and O–H groups in total. The minimum absolute atomic E-state index is 0.137. The molecular weight excluding hydrogens is 228 g/mol. The summed E-state index contributed by atoms with van der Waals surface area (Å²) in [5.74, 6) is 1.83. The van der Waals surface area contributed by atoms with Crippen LogP contribution < -0.4 is 15.8 Å². The molecule has 102 valence electrons. The normalized spacial score (nSPS) is 11.4. The van der Waals surface area contributed by atoms with Crippen LogP contribution in [0.15, 0.2) is 0 Å². The average molecular weight is 252 g/mol. The number of nitrogen functional groups attached to an aromatic ring is 1. The highest BCUT2D eigenvalue weighted by Crippen LogP contribution is 2.30. The maximum Gasteiger partial charge on any atom is 0.242 e. The van der Waals surface area contributed by atoms with E-state index >= 15 is 0 Å². The molecule has 5 nitrogen and oxygen atoms in total. The highest BCUT2D eigenvalue weighted by atomic mass is 16.5. The van der Waals surface area contributed by atoms with Crippen molar-refractivity contribution < 1.29 is 4.74 Å². The predicted molar refractivity (Wildman–Crippen MR) is 75.1 cm³/mol. The van der Waals surface area contributed by atoms with Gasteiger partial charge in [0.15, 0.2) is 5.82 Å². The van der Waals surface area contributed by atoms with Crippen molar-refractivity contribution in [3.05, 3.63) is 5.82 Å². The van der Waals surface area contributed by atoms with Gasteiger partial charge in [-0.3, -0.25) is 0 Å². The monoisotopic (exact) mass is 252 g/mol. The molecule has 0 spiro atoms. The summed E-state index contributed by atoms with van der Waals surface area (Å²) in [5, 5.41) is 2.98. The summed E-state index contributed by atoms with van der Waals surface area (Å²) in [6.45, 7) is 8.94. The molecule has 0 saturated heterocycles. The summed E-state index contributed by atoms with van der Waals surface area (Å²) in [4.78, 5) is 8.85. The van der Waals surface area contributed by atoms with Crippen LogP contribution in [0.25, 0.3) is 0 Å². The molecule has 0 unspecified atom stereocenters. The second kappa shape index (κ2) is 5.89. The third-order valence-corrected chi connectivity index (χ3v) is 2.55. The SMILES string of the molecule is CCCCOc1nc(C(C)(C)C)nc(NC)c1N. The topological polar surface area (TPSA) is 73.1 Å². The Kier molecular flexibility index (Phi) is 4.76. The van der Waals surface area contributed by atoms with Crippen LogP contribution in [-0.4, -0.2) is 23.6 Å². The molecule has 1 rings (SSSR count). The fourth-order valence-corrected chi connectivity index (χ4v) is 1.40. The first kappa shape index (κ1) is 14.5. The number of nitrogens with zero attached hydrogens (tertiary/aromatic N) is 2. The van der Waals surface area contributed by atoms with E-state index in [-0.39, 0.29) is 5.41 Å². The average Bonchev–Trinajstić information content (AvgIpc) is 2.30. The van der Waals surface area contributed by atoms with Crippen molar-refractivity contribution in [3.8, 4) is 5.88 Å². The zero-order chi connectivity index (χ0) is 13.8. The number of hydrogen-bond donors (Lipinski definition) is 2. The van der Waals surface area contributed by atoms with Crippen LogP contribution in [-0.2, 0) is 5.41 Å². The molecule has 0 amide bonds. The Bertz CT molecular complexity index is 399. The van der Waals surface area contributed by atoms with Gasteiger partial charge in [-0.05, 0) is 6.42 Å². The van der Waals surface area contributed by atoms with Crippen LogP contribution in [0.4, 0.5) is 11.5 Å². The van der Waals surface area contributed by atoms with Gasteiger partial charge in [-0.1, -0.05) is 34.1 Å². The molecule has 0 fully saturated rings. The summed E-state index contributed by atoms with van der Waals surface area (Å²) in [7, 11) is 1.79. The lowest BCUT2D eigenvalue weighted by Crippen LogP contribution is -2.19. The standard InChI is InChI=1S/C13H24N4O/c1-6-7-8-18-11-9(14)10(15-5)16-12(17-11)13(2,3)4/h6-8,14H2,1-5H3,(H,15,16,17). The van der Waals surface area contributed by atoms with Gasteiger partial charge >= 0.3 is 0 Å². The predicted octanol–water partition coefficient (Wildman–Crippen LogP) is 2.58. The largest absolute Gasteiger partial charge is 0.476 e. The Labute approximate surface area is 109 Å². The lowest BCUT2D eigenvalue weighted by atomic mass is 9.96. The number of aromatic nitrogens is 2. The first-order chi connectivity index (χ1) is 8.40. The number of nitrogens with two attached hydrogens (primary N) is 1. The van der Waals surface area contributed by atoms with E-state index in [1.807, 2.05) is 0 Å². The molecule has 0 bridgehead atoms. The van der Waals surface area contributed by atoms with Gasteiger partial charge in [0.25, 0.3) is 0 Å². The Hall–Kier alpha value is -1.52. The van der Waals surface area contributed by atoms with Crippen molar-refractivity contribution in [2.24, 2.45) is 0 Å². The van der Waals surface area contributed by atoms with E-state index in [9.17, 15) is 0 Å². The minimum Gasteiger partial charge on any atom is -0.476 e. The molecule has 0 aromatic carbocycles. The number of hydrogen-bond acceptors (Lipinski definition) is 5. The molecule has 1 aromatic heterocycles. The fraction of sp³-hybridized carbons (Fsp3) is 0.692. The van der Waals surface area contributed by atoms with Crippen molar-refractivity contribution in [3.63, 3.8) is 0 Å². The number of nitrogens with one attached hydrogen (secondary N) is 1. The molecule has 0 atom stereocenters. The Balaban J connectivity index is 3.07. The molecule has 0 radical (unpaired) electrons. The zero-order valence-corrected chi connectivity index (χ0v) is 12.0. The van der Waals surface area contributed by atoms with Crippen LogP contribution in [0.3, 0.4) is 0 Å². The summed E-state index contributed by atoms with van der Waals surface area (Å²) in [5.41, 5.74) is 6.31. The minimum atomic E-state index is -0.137. The van der Waals surface area contributed by atoms with Crippen molar-refractivity contribution in [2.45, 2.75) is 46.0 Å². The van der Waals surface area contributed by atoms with Crippen molar-refractivity contribution in [2.75, 3.05) is 24.7 Å². The van der Waals surface area contributed by atoms with Gasteiger partial charge in [0.1, 0.15) is 11.5 Å². The third-order valence-electron chi connectivity index (χ3n) is 2.55. The van der Waals surface area contributed by atoms with Gasteiger partial charge in [-0.25, -0.2) is 4.98 Å². The van der Waals surface area contributed by atoms with Crippen LogP contribution >= 0.6 is 0 Å². The molecule has 0 saturated carbocycles. The Morgan fingerprint density at radius 3 is 2.44 bits per heavy atom. The molecule has 0 aliphatic carbocycles. The summed E-state index contributed by atoms with van der Waals surface area (Å²) >= 11 is 0. The van der Waals surface area contributed by atoms with E-state index in [1.165, 1.54) is 0 Å². The number of rotatable bonds is 5. The summed E-state index contributed by atoms with van der Waals surface area (Å²) < 4.78 is 5.64. The molecule has 0 aliphatic rings. The van der Waals surface area contributed by atoms with Crippen LogP contribution in [0.5, 0.6) is 5.88 Å². The van der Waals surface area contributed by atoms with Gasteiger partial charge in [-0.15, -0.1) is 0 Å². The highest BCUT2D eigenvalue weighted by Gasteiger charge is 2.21. The maximum atomic E-state index is 5.98. The van der Waals surface area contributed by atoms with Crippen molar-refractivity contribution in [1.29, 1.82) is 0 Å². The number of anilines is 2. The van der Waals surface area contributed by atoms with Gasteiger partial charge in [-0.2, -0.15) is 4.98 Å². The van der Waals surface area contributed by atoms with Crippen molar-refractivity contribution in [1.82, 2.24) is 9.97 Å². The lowest BCUT2D eigenvalue weighted by molar-refractivity contribution is 0.296. The lowest BCUT2D eigenvalue weighted by Gasteiger charge is -2.20. The molecule has 1 heterocycles. The number of unbranched alkanes of at least 4 members (excludes halogenated alkanes) is 1. The quantitative estimate of drug-likeness (QED) is 0.788. The van der Waals surface area contributed by atoms with E-state index in [2.05, 4.69) is 43.0 Å². The van der Waals surface area contributed by atoms with Crippen molar-refractivity contribution >= 4 is 11.5 Å². The van der Waals surface area contributed by atoms with Crippen LogP contribution in [0.2, 0.25) is 0 Å². The first-order valence-corrected chi connectivity index (χ1v) is 6.38. The second-order valence-corrected chi connectivity index (χ2v) is 5.32. The highest BCUT2D eigenvalue weighted by molar-refractivity contribution is 5.66. The summed E-state index contributed by atoms with van der Waals surface area (Å²) in [6, 6.07) is 0. The van der Waals surface area contributed by atoms with E-state index < -0.39 is 0 Å². The van der Waals surface area contributed by atoms with Gasteiger partial charge in [0, 0.05) is 12.5 Å². The Morgan fingerprint density at radius 1 is 1.28 bits per heavy atom. The van der Waals surface area contributed by atoms with Gasteiger partial charge in [0.2, 0.25) is 5.88 Å². The first-order valence-electron chi connectivity index (χ1n) is 6.38. The van der Waals surface area contributed by atoms with E-state index in [0.717, 1.165) is 18.7 Å². The van der Waals surface area contributed by atoms with E-state index in [0.29, 0.717) is 24.0 Å². The third kappa shape index (κ3) is 3.48. The van der Waals surface area contributed by atoms with Crippen LogP contribution in [0.1, 0.15) is 46.4 Å². The van der Waals surface area contributed by atoms with E-state index in [1.54, 1.807) is 7.05 Å². The second-order valence-electron chi connectivity index (χ2n) is 5.32. The summed E-state index contributed by atoms with van der Waals surface area (Å²) in [6.07, 6.45) is 2.07. The Morgan fingerprint density at radius 2 is 1.94 bits per heavy atom. The fourth-order valence-electron chi connectivity index (χ4n) is 1.40. The maximum absolute atomic E-state index is 5.98. The van der Waals surface area contributed by atoms with Crippen LogP contribution in [0, 0.1) is 0 Å². The molecule has 1 aromatic rings. The molecular formula is C13H24N4O. The molecule has 5 heteroatoms. The molecule has 0 aliphatic heterocycles. The van der Waals surface area contributed by atoms with Gasteiger partial charge < -0.3 is 15.8 Å². The zero-order valence-electron chi connectivity index (χ0n) is 12.0.